The minimum atomic E-state index is 0.402. The molecular formula is C35H33N2+. The minimum absolute atomic E-state index is 0.402. The van der Waals surface area contributed by atoms with Gasteiger partial charge in [-0.05, 0) is 70.5 Å². The van der Waals surface area contributed by atoms with Crippen LogP contribution in [0.4, 0.5) is 0 Å². The van der Waals surface area contributed by atoms with Gasteiger partial charge in [-0.3, -0.25) is 0 Å². The molecule has 1 saturated carbocycles. The highest BCUT2D eigenvalue weighted by Crippen LogP contribution is 2.46. The lowest BCUT2D eigenvalue weighted by atomic mass is 9.88. The number of aromatic nitrogens is 2. The first-order valence-electron chi connectivity index (χ1n) is 14.0. The van der Waals surface area contributed by atoms with E-state index in [0.29, 0.717) is 11.8 Å². The molecule has 1 aliphatic rings. The average molecular weight is 482 g/mol. The summed E-state index contributed by atoms with van der Waals surface area (Å²) in [4.78, 5) is 0. The monoisotopic (exact) mass is 481 g/mol. The maximum Gasteiger partial charge on any atom is 0.224 e. The molecule has 182 valence electrons. The van der Waals surface area contributed by atoms with Crippen molar-refractivity contribution in [1.82, 2.24) is 4.40 Å². The van der Waals surface area contributed by atoms with Gasteiger partial charge >= 0.3 is 0 Å². The summed E-state index contributed by atoms with van der Waals surface area (Å²) in [6.07, 6.45) is 7.62. The van der Waals surface area contributed by atoms with E-state index in [2.05, 4.69) is 104 Å². The fraction of sp³-hybridized carbons (Fsp3) is 0.286. The summed E-state index contributed by atoms with van der Waals surface area (Å²) < 4.78 is 5.03. The van der Waals surface area contributed by atoms with Crippen LogP contribution in [0, 0.1) is 6.92 Å². The number of aryl methyl sites for hydroxylation is 2. The molecule has 8 rings (SSSR count). The molecule has 2 heteroatoms. The first-order chi connectivity index (χ1) is 18.0. The van der Waals surface area contributed by atoms with Gasteiger partial charge in [-0.15, -0.1) is 0 Å². The number of benzene rings is 4. The smallest absolute Gasteiger partial charge is 0.224 e. The second-order valence-corrected chi connectivity index (χ2v) is 11.8. The van der Waals surface area contributed by atoms with Crippen LogP contribution in [-0.4, -0.2) is 4.40 Å². The second-order valence-electron chi connectivity index (χ2n) is 11.8. The highest BCUT2D eigenvalue weighted by atomic mass is 15.0. The van der Waals surface area contributed by atoms with Gasteiger partial charge in [0.05, 0.1) is 27.3 Å². The Kier molecular flexibility index (Phi) is 4.31. The van der Waals surface area contributed by atoms with Crippen molar-refractivity contribution >= 4 is 59.8 Å². The van der Waals surface area contributed by atoms with Gasteiger partial charge < -0.3 is 4.40 Å². The van der Waals surface area contributed by atoms with Crippen LogP contribution in [0.3, 0.4) is 0 Å². The molecule has 1 fully saturated rings. The number of fused-ring (bicyclic) bond motifs is 7. The van der Waals surface area contributed by atoms with E-state index in [4.69, 9.17) is 0 Å². The molecule has 37 heavy (non-hydrogen) atoms. The second kappa shape index (κ2) is 7.44. The van der Waals surface area contributed by atoms with Crippen molar-refractivity contribution in [2.24, 2.45) is 7.05 Å². The zero-order valence-corrected chi connectivity index (χ0v) is 22.2. The summed E-state index contributed by atoms with van der Waals surface area (Å²) in [6, 6.07) is 23.4. The van der Waals surface area contributed by atoms with Crippen LogP contribution in [0.5, 0.6) is 0 Å². The number of rotatable bonds is 2. The van der Waals surface area contributed by atoms with Crippen LogP contribution in [-0.2, 0) is 7.05 Å². The molecule has 0 unspecified atom stereocenters. The van der Waals surface area contributed by atoms with Crippen LogP contribution in [0.2, 0.25) is 0 Å². The summed E-state index contributed by atoms with van der Waals surface area (Å²) in [5.74, 6) is 1.10. The van der Waals surface area contributed by atoms with Gasteiger partial charge in [0, 0.05) is 16.8 Å². The minimum Gasteiger partial charge on any atom is -0.307 e. The summed E-state index contributed by atoms with van der Waals surface area (Å²) in [7, 11) is 2.22. The van der Waals surface area contributed by atoms with Crippen molar-refractivity contribution < 1.29 is 4.57 Å². The predicted molar refractivity (Wildman–Crippen MR) is 157 cm³/mol. The Bertz CT molecular complexity index is 2030. The van der Waals surface area contributed by atoms with Crippen LogP contribution >= 0.6 is 0 Å². The number of hydrogen-bond donors (Lipinski definition) is 0. The Morgan fingerprint density at radius 2 is 1.57 bits per heavy atom. The van der Waals surface area contributed by atoms with Crippen LogP contribution in [0.15, 0.2) is 66.9 Å². The van der Waals surface area contributed by atoms with Gasteiger partial charge in [0.25, 0.3) is 0 Å². The summed E-state index contributed by atoms with van der Waals surface area (Å²) in [5.41, 5.74) is 9.89. The Hall–Kier alpha value is -3.65. The summed E-state index contributed by atoms with van der Waals surface area (Å²) in [6.45, 7) is 7.07. The maximum absolute atomic E-state index is 2.67. The third kappa shape index (κ3) is 2.68. The average Bonchev–Trinajstić information content (AvgIpc) is 3.56. The Morgan fingerprint density at radius 3 is 2.35 bits per heavy atom. The molecule has 3 heterocycles. The summed E-state index contributed by atoms with van der Waals surface area (Å²) in [5, 5.41) is 9.64. The van der Waals surface area contributed by atoms with Gasteiger partial charge in [0.1, 0.15) is 7.05 Å². The molecule has 0 aliphatic heterocycles. The van der Waals surface area contributed by atoms with Crippen molar-refractivity contribution in [3.63, 3.8) is 0 Å². The molecule has 4 aromatic carbocycles. The number of nitrogens with zero attached hydrogens (tertiary/aromatic N) is 2. The molecule has 3 aromatic heterocycles. The SMILES string of the molecule is Cc1c2ccccc2c(C(C)C)c2c1c1c3c(ccc4c5ccc(C6CCCC6)cc5n2c43)cc[n+]1C. The quantitative estimate of drug-likeness (QED) is 0.132. The highest BCUT2D eigenvalue weighted by molar-refractivity contribution is 6.29. The van der Waals surface area contributed by atoms with Crippen molar-refractivity contribution in [3.8, 4) is 0 Å². The lowest BCUT2D eigenvalue weighted by Crippen LogP contribution is -2.29. The van der Waals surface area contributed by atoms with Gasteiger partial charge in [-0.2, -0.15) is 0 Å². The van der Waals surface area contributed by atoms with Gasteiger partial charge in [-0.25, -0.2) is 4.57 Å². The summed E-state index contributed by atoms with van der Waals surface area (Å²) >= 11 is 0. The third-order valence-electron chi connectivity index (χ3n) is 9.41. The van der Waals surface area contributed by atoms with Gasteiger partial charge in [0.2, 0.25) is 5.52 Å². The molecule has 2 nitrogen and oxygen atoms in total. The highest BCUT2D eigenvalue weighted by Gasteiger charge is 2.28. The zero-order valence-electron chi connectivity index (χ0n) is 22.2. The van der Waals surface area contributed by atoms with Crippen LogP contribution < -0.4 is 4.57 Å². The first-order valence-corrected chi connectivity index (χ1v) is 14.0. The predicted octanol–water partition coefficient (Wildman–Crippen LogP) is 9.06. The molecule has 0 spiro atoms. The lowest BCUT2D eigenvalue weighted by molar-refractivity contribution is -0.643. The van der Waals surface area contributed by atoms with Gasteiger partial charge in [0.15, 0.2) is 6.20 Å². The van der Waals surface area contributed by atoms with Crippen molar-refractivity contribution in [2.45, 2.75) is 58.3 Å². The van der Waals surface area contributed by atoms with Crippen molar-refractivity contribution in [1.29, 1.82) is 0 Å². The molecular weight excluding hydrogens is 448 g/mol. The maximum atomic E-state index is 2.67. The lowest BCUT2D eigenvalue weighted by Gasteiger charge is -2.21. The van der Waals surface area contributed by atoms with Crippen molar-refractivity contribution in [2.75, 3.05) is 0 Å². The Morgan fingerprint density at radius 1 is 0.811 bits per heavy atom. The Labute approximate surface area is 217 Å². The van der Waals surface area contributed by atoms with E-state index in [9.17, 15) is 0 Å². The fourth-order valence-corrected chi connectivity index (χ4v) is 7.74. The van der Waals surface area contributed by atoms with E-state index in [1.807, 2.05) is 0 Å². The molecule has 1 aliphatic carbocycles. The van der Waals surface area contributed by atoms with Gasteiger partial charge in [-0.1, -0.05) is 75.2 Å². The third-order valence-corrected chi connectivity index (χ3v) is 9.41. The molecule has 0 amide bonds. The molecule has 0 saturated heterocycles. The first kappa shape index (κ1) is 21.4. The molecule has 7 aromatic rings. The molecule has 0 bridgehead atoms. The molecule has 0 radical (unpaired) electrons. The van der Waals surface area contributed by atoms with Crippen LogP contribution in [0.25, 0.3) is 59.8 Å². The van der Waals surface area contributed by atoms with E-state index in [1.54, 1.807) is 0 Å². The van der Waals surface area contributed by atoms with Crippen LogP contribution in [0.1, 0.15) is 68.1 Å². The zero-order chi connectivity index (χ0) is 25.0. The van der Waals surface area contributed by atoms with E-state index in [0.717, 1.165) is 0 Å². The van der Waals surface area contributed by atoms with E-state index >= 15 is 0 Å². The Balaban J connectivity index is 1.74. The topological polar surface area (TPSA) is 8.29 Å². The standard InChI is InChI=1S/C35H33N2/c1-20(2)30-27-12-8-7-11-25(27)21(3)31-34-32-23(17-18-36(34)4)13-16-28-26-15-14-24(22-9-5-6-10-22)19-29(26)37(33(28)32)35(30)31/h7-8,11-20,22H,5-6,9-10H2,1-4H3/q+1. The van der Waals surface area contributed by atoms with E-state index in [1.165, 1.54) is 102 Å². The van der Waals surface area contributed by atoms with E-state index in [-0.39, 0.29) is 0 Å². The molecule has 0 atom stereocenters. The number of pyridine rings is 2. The largest absolute Gasteiger partial charge is 0.307 e. The molecule has 0 N–H and O–H groups in total. The number of hydrogen-bond acceptors (Lipinski definition) is 0. The van der Waals surface area contributed by atoms with E-state index < -0.39 is 0 Å². The fourth-order valence-electron chi connectivity index (χ4n) is 7.74. The normalized spacial score (nSPS) is 15.3. The van der Waals surface area contributed by atoms with Crippen molar-refractivity contribution in [3.05, 3.63) is 83.6 Å².